The van der Waals surface area contributed by atoms with Gasteiger partial charge in [0.2, 0.25) is 10.0 Å². The fraction of sp³-hybridized carbons (Fsp3) is 0.750. The maximum atomic E-state index is 10.4. The summed E-state index contributed by atoms with van der Waals surface area (Å²) in [5, 5.41) is 4.56. The van der Waals surface area contributed by atoms with Gasteiger partial charge in [0.25, 0.3) is 0 Å². The van der Waals surface area contributed by atoms with Crippen LogP contribution in [0.2, 0.25) is 0 Å². The second-order valence-corrected chi connectivity index (χ2v) is 3.31. The Morgan fingerprint density at radius 1 is 1.56 bits per heavy atom. The van der Waals surface area contributed by atoms with Crippen LogP contribution >= 0.6 is 0 Å². The molecule has 0 spiro atoms. The van der Waals surface area contributed by atoms with Crippen molar-refractivity contribution in [1.82, 2.24) is 0 Å². The number of nitrogens with two attached hydrogens (primary N) is 1. The van der Waals surface area contributed by atoms with Gasteiger partial charge in [-0.15, -0.1) is 0 Å². The molecule has 0 aromatic rings. The lowest BCUT2D eigenvalue weighted by atomic mass is 10.4. The van der Waals surface area contributed by atoms with Crippen LogP contribution < -0.4 is 5.14 Å². The molecule has 0 saturated heterocycles. The highest BCUT2D eigenvalue weighted by Gasteiger charge is 2.07. The van der Waals surface area contributed by atoms with Gasteiger partial charge in [-0.2, -0.15) is 0 Å². The Bertz CT molecular complexity index is 194. The zero-order valence-corrected chi connectivity index (χ0v) is 5.94. The van der Waals surface area contributed by atoms with Crippen LogP contribution in [0.4, 0.5) is 0 Å². The number of sulfonamides is 1. The lowest BCUT2D eigenvalue weighted by Crippen LogP contribution is -2.22. The molecular formula is C4H9NO3S. The number of primary sulfonamides is 1. The second-order valence-electron chi connectivity index (χ2n) is 1.70. The number of ketones is 1. The number of Topliss-reactive ketones (excluding diaryl/α,β-unsaturated/α-hetero) is 1. The van der Waals surface area contributed by atoms with Crippen molar-refractivity contribution in [2.24, 2.45) is 5.14 Å². The lowest BCUT2D eigenvalue weighted by Gasteiger charge is -1.91. The van der Waals surface area contributed by atoms with E-state index in [1.807, 2.05) is 0 Å². The molecule has 0 saturated carbocycles. The molecule has 0 bridgehead atoms. The fourth-order valence-corrected chi connectivity index (χ4v) is 0.979. The molecule has 0 amide bonds. The summed E-state index contributed by atoms with van der Waals surface area (Å²) in [5.41, 5.74) is 0. The summed E-state index contributed by atoms with van der Waals surface area (Å²) in [4.78, 5) is 10.4. The average molecular weight is 151 g/mol. The minimum atomic E-state index is -3.58. The molecule has 9 heavy (non-hydrogen) atoms. The van der Waals surface area contributed by atoms with E-state index < -0.39 is 15.8 Å². The summed E-state index contributed by atoms with van der Waals surface area (Å²) in [5.74, 6) is -0.888. The van der Waals surface area contributed by atoms with Gasteiger partial charge in [-0.25, -0.2) is 13.6 Å². The fourth-order valence-electron chi connectivity index (χ4n) is 0.326. The van der Waals surface area contributed by atoms with Gasteiger partial charge in [0.15, 0.2) is 0 Å². The second kappa shape index (κ2) is 2.93. The average Bonchev–Trinajstić information content (AvgIpc) is 1.62. The number of hydrogen-bond acceptors (Lipinski definition) is 3. The van der Waals surface area contributed by atoms with Crippen molar-refractivity contribution in [2.45, 2.75) is 13.3 Å². The minimum Gasteiger partial charge on any atom is -0.299 e. The Morgan fingerprint density at radius 2 is 2.00 bits per heavy atom. The molecule has 0 fully saturated rings. The van der Waals surface area contributed by atoms with Crippen LogP contribution in [0.1, 0.15) is 13.3 Å². The minimum absolute atomic E-state index is 0.219. The maximum Gasteiger partial charge on any atom is 0.216 e. The first kappa shape index (κ1) is 8.58. The van der Waals surface area contributed by atoms with Crippen LogP contribution in [-0.2, 0) is 14.8 Å². The van der Waals surface area contributed by atoms with E-state index in [0.717, 1.165) is 0 Å². The first-order valence-corrected chi connectivity index (χ1v) is 4.19. The normalized spacial score (nSPS) is 11.3. The van der Waals surface area contributed by atoms with E-state index in [-0.39, 0.29) is 12.2 Å². The van der Waals surface area contributed by atoms with Crippen molar-refractivity contribution in [2.75, 3.05) is 5.75 Å². The molecule has 54 valence electrons. The van der Waals surface area contributed by atoms with Gasteiger partial charge in [-0.3, -0.25) is 4.79 Å². The third-order valence-corrected chi connectivity index (χ3v) is 1.48. The smallest absolute Gasteiger partial charge is 0.216 e. The van der Waals surface area contributed by atoms with Gasteiger partial charge >= 0.3 is 0 Å². The van der Waals surface area contributed by atoms with Crippen molar-refractivity contribution < 1.29 is 13.2 Å². The largest absolute Gasteiger partial charge is 0.299 e. The molecule has 0 heterocycles. The van der Waals surface area contributed by atoms with Crippen LogP contribution in [0.3, 0.4) is 0 Å². The molecule has 5 heteroatoms. The molecule has 0 aliphatic carbocycles. The highest BCUT2D eigenvalue weighted by molar-refractivity contribution is 7.89. The lowest BCUT2D eigenvalue weighted by molar-refractivity contribution is -0.116. The maximum absolute atomic E-state index is 10.4. The summed E-state index contributed by atoms with van der Waals surface area (Å²) >= 11 is 0. The summed E-state index contributed by atoms with van der Waals surface area (Å²) in [7, 11) is -3.58. The molecule has 0 radical (unpaired) electrons. The zero-order chi connectivity index (χ0) is 7.49. The zero-order valence-electron chi connectivity index (χ0n) is 5.12. The van der Waals surface area contributed by atoms with Crippen LogP contribution in [-0.4, -0.2) is 20.0 Å². The van der Waals surface area contributed by atoms with E-state index in [1.54, 1.807) is 6.92 Å². The van der Waals surface area contributed by atoms with Crippen LogP contribution in [0, 0.1) is 0 Å². The van der Waals surface area contributed by atoms with E-state index in [0.29, 0.717) is 0 Å². The third-order valence-electron chi connectivity index (χ3n) is 0.757. The SMILES string of the molecule is CCC(=O)CS(N)(=O)=O. The van der Waals surface area contributed by atoms with Gasteiger partial charge in [-0.05, 0) is 0 Å². The summed E-state index contributed by atoms with van der Waals surface area (Å²) < 4.78 is 20.3. The van der Waals surface area contributed by atoms with Crippen LogP contribution in [0.15, 0.2) is 0 Å². The molecule has 0 unspecified atom stereocenters. The van der Waals surface area contributed by atoms with Crippen LogP contribution in [0.5, 0.6) is 0 Å². The van der Waals surface area contributed by atoms with Crippen LogP contribution in [0.25, 0.3) is 0 Å². The van der Waals surface area contributed by atoms with Crippen molar-refractivity contribution >= 4 is 15.8 Å². The van der Waals surface area contributed by atoms with Crippen molar-refractivity contribution in [3.05, 3.63) is 0 Å². The Labute approximate surface area is 54.1 Å². The number of carbonyl (C=O) groups excluding carboxylic acids is 1. The van der Waals surface area contributed by atoms with E-state index in [9.17, 15) is 13.2 Å². The highest BCUT2D eigenvalue weighted by Crippen LogP contribution is 1.84. The monoisotopic (exact) mass is 151 g/mol. The molecule has 2 N–H and O–H groups in total. The molecule has 0 aliphatic rings. The molecule has 0 atom stereocenters. The Morgan fingerprint density at radius 3 is 2.11 bits per heavy atom. The van der Waals surface area contributed by atoms with Gasteiger partial charge in [-0.1, -0.05) is 6.92 Å². The van der Waals surface area contributed by atoms with Gasteiger partial charge < -0.3 is 0 Å². The molecule has 0 aromatic carbocycles. The standard InChI is InChI=1S/C4H9NO3S/c1-2-4(6)3-9(5,7)8/h2-3H2,1H3,(H2,5,7,8). The first-order chi connectivity index (χ1) is 3.95. The molecule has 0 aliphatic heterocycles. The molecular weight excluding hydrogens is 142 g/mol. The third kappa shape index (κ3) is 5.45. The van der Waals surface area contributed by atoms with Gasteiger partial charge in [0.05, 0.1) is 0 Å². The predicted molar refractivity (Wildman–Crippen MR) is 33.3 cm³/mol. The number of rotatable bonds is 3. The Hall–Kier alpha value is -0.420. The quantitative estimate of drug-likeness (QED) is 0.576. The number of hydrogen-bond donors (Lipinski definition) is 1. The van der Waals surface area contributed by atoms with Crippen molar-refractivity contribution in [3.63, 3.8) is 0 Å². The molecule has 0 rings (SSSR count). The van der Waals surface area contributed by atoms with Gasteiger partial charge in [0.1, 0.15) is 11.5 Å². The summed E-state index contributed by atoms with van der Waals surface area (Å²) in [6.45, 7) is 1.59. The first-order valence-electron chi connectivity index (χ1n) is 2.48. The summed E-state index contributed by atoms with van der Waals surface area (Å²) in [6, 6.07) is 0. The van der Waals surface area contributed by atoms with Gasteiger partial charge in [0, 0.05) is 6.42 Å². The molecule has 0 aromatic heterocycles. The molecule has 4 nitrogen and oxygen atoms in total. The van der Waals surface area contributed by atoms with E-state index in [2.05, 4.69) is 5.14 Å². The Kier molecular flexibility index (Phi) is 2.80. The highest BCUT2D eigenvalue weighted by atomic mass is 32.2. The topological polar surface area (TPSA) is 77.2 Å². The summed E-state index contributed by atoms with van der Waals surface area (Å²) in [6.07, 6.45) is 0.219. The van der Waals surface area contributed by atoms with E-state index >= 15 is 0 Å². The van der Waals surface area contributed by atoms with E-state index in [1.165, 1.54) is 0 Å². The Balaban J connectivity index is 3.91. The number of carbonyl (C=O) groups is 1. The van der Waals surface area contributed by atoms with Crippen molar-refractivity contribution in [1.29, 1.82) is 0 Å². The van der Waals surface area contributed by atoms with E-state index in [4.69, 9.17) is 0 Å². The predicted octanol–water partition coefficient (Wildman–Crippen LogP) is -0.746. The van der Waals surface area contributed by atoms with Crippen molar-refractivity contribution in [3.8, 4) is 0 Å².